The van der Waals surface area contributed by atoms with Crippen LogP contribution in [-0.2, 0) is 27.1 Å². The summed E-state index contributed by atoms with van der Waals surface area (Å²) in [5.74, 6) is -0.617. The molecule has 234 valence electrons. The Morgan fingerprint density at radius 2 is 1.71 bits per heavy atom. The molecule has 2 amide bonds. The van der Waals surface area contributed by atoms with Crippen LogP contribution in [0.3, 0.4) is 0 Å². The number of fused-ring (bicyclic) bond motifs is 1. The van der Waals surface area contributed by atoms with Crippen molar-refractivity contribution in [2.45, 2.75) is 61.8 Å². The van der Waals surface area contributed by atoms with E-state index in [4.69, 9.17) is 9.47 Å². The quantitative estimate of drug-likeness (QED) is 0.261. The Kier molecular flexibility index (Phi) is 9.28. The van der Waals surface area contributed by atoms with Gasteiger partial charge in [-0.1, -0.05) is 78.9 Å². The first-order valence-electron chi connectivity index (χ1n) is 15.6. The predicted octanol–water partition coefficient (Wildman–Crippen LogP) is 3.82. The molecule has 0 aliphatic carbocycles. The van der Waals surface area contributed by atoms with Crippen LogP contribution in [0.5, 0.6) is 0 Å². The van der Waals surface area contributed by atoms with Crippen molar-refractivity contribution >= 4 is 17.8 Å². The van der Waals surface area contributed by atoms with Crippen molar-refractivity contribution in [3.05, 3.63) is 119 Å². The second-order valence-electron chi connectivity index (χ2n) is 12.1. The van der Waals surface area contributed by atoms with E-state index in [0.717, 1.165) is 16.7 Å². The zero-order valence-electron chi connectivity index (χ0n) is 25.1. The summed E-state index contributed by atoms with van der Waals surface area (Å²) in [5.41, 5.74) is 2.76. The van der Waals surface area contributed by atoms with Crippen molar-refractivity contribution in [1.29, 1.82) is 0 Å². The summed E-state index contributed by atoms with van der Waals surface area (Å²) >= 11 is 0. The molecule has 45 heavy (non-hydrogen) atoms. The van der Waals surface area contributed by atoms with Gasteiger partial charge in [0.15, 0.2) is 5.78 Å². The number of aryl methyl sites for hydroxylation is 1. The SMILES string of the molecule is O=C(N[C@@H](CCc1ccccc1)[C@@H](O)C[C@]1(Cc2ccccc2)NC=C([C@@H]2CNC(=O)c3ccccc32)C1=O)O[C@H]1CCOC1. The number of aliphatic hydroxyl groups excluding tert-OH is 1. The zero-order chi connectivity index (χ0) is 31.2. The molecule has 3 aliphatic heterocycles. The van der Waals surface area contributed by atoms with Crippen LogP contribution >= 0.6 is 0 Å². The summed E-state index contributed by atoms with van der Waals surface area (Å²) in [6.07, 6.45) is 1.80. The molecule has 1 saturated heterocycles. The fourth-order valence-electron chi connectivity index (χ4n) is 6.64. The second-order valence-corrected chi connectivity index (χ2v) is 12.1. The van der Waals surface area contributed by atoms with Crippen LogP contribution in [-0.4, -0.2) is 66.4 Å². The lowest BCUT2D eigenvalue weighted by Gasteiger charge is -2.35. The van der Waals surface area contributed by atoms with Crippen LogP contribution < -0.4 is 16.0 Å². The minimum Gasteiger partial charge on any atom is -0.444 e. The van der Waals surface area contributed by atoms with E-state index in [1.807, 2.05) is 78.9 Å². The van der Waals surface area contributed by atoms with Crippen molar-refractivity contribution in [1.82, 2.24) is 16.0 Å². The molecular weight excluding hydrogens is 570 g/mol. The highest BCUT2D eigenvalue weighted by Crippen LogP contribution is 2.38. The van der Waals surface area contributed by atoms with Crippen LogP contribution in [0.4, 0.5) is 4.79 Å². The number of nitrogens with one attached hydrogen (secondary N) is 3. The molecule has 4 N–H and O–H groups in total. The number of benzene rings is 3. The highest BCUT2D eigenvalue weighted by Gasteiger charge is 2.48. The molecule has 3 aromatic rings. The monoisotopic (exact) mass is 609 g/mol. The molecule has 0 radical (unpaired) electrons. The van der Waals surface area contributed by atoms with Gasteiger partial charge in [-0.2, -0.15) is 0 Å². The molecule has 5 atom stereocenters. The summed E-state index contributed by atoms with van der Waals surface area (Å²) < 4.78 is 10.9. The Balaban J connectivity index is 1.26. The maximum absolute atomic E-state index is 14.5. The molecule has 0 saturated carbocycles. The average molecular weight is 610 g/mol. The maximum Gasteiger partial charge on any atom is 0.407 e. The molecule has 0 bridgehead atoms. The number of amides is 2. The van der Waals surface area contributed by atoms with E-state index >= 15 is 0 Å². The smallest absolute Gasteiger partial charge is 0.407 e. The van der Waals surface area contributed by atoms with Crippen LogP contribution in [0.25, 0.3) is 0 Å². The van der Waals surface area contributed by atoms with Gasteiger partial charge in [0.2, 0.25) is 0 Å². The van der Waals surface area contributed by atoms with Crippen LogP contribution in [0.1, 0.15) is 52.2 Å². The van der Waals surface area contributed by atoms with Crippen LogP contribution in [0.2, 0.25) is 0 Å². The number of aliphatic hydroxyl groups is 1. The van der Waals surface area contributed by atoms with E-state index in [1.165, 1.54) is 0 Å². The molecule has 3 aromatic carbocycles. The topological polar surface area (TPSA) is 126 Å². The van der Waals surface area contributed by atoms with Crippen LogP contribution in [0, 0.1) is 0 Å². The number of carbonyl (C=O) groups excluding carboxylic acids is 3. The van der Waals surface area contributed by atoms with Crippen LogP contribution in [0.15, 0.2) is 96.7 Å². The number of Topliss-reactive ketones (excluding diaryl/α,β-unsaturated/α-hetero) is 1. The number of hydrogen-bond acceptors (Lipinski definition) is 7. The van der Waals surface area contributed by atoms with Gasteiger partial charge in [0.25, 0.3) is 5.91 Å². The van der Waals surface area contributed by atoms with Gasteiger partial charge < -0.3 is 30.5 Å². The number of alkyl carbamates (subject to hydrolysis) is 1. The summed E-state index contributed by atoms with van der Waals surface area (Å²) in [7, 11) is 0. The number of ether oxygens (including phenoxy) is 2. The highest BCUT2D eigenvalue weighted by atomic mass is 16.6. The molecule has 0 spiro atoms. The van der Waals surface area contributed by atoms with E-state index in [-0.39, 0.29) is 30.1 Å². The van der Waals surface area contributed by atoms with Crippen molar-refractivity contribution < 1.29 is 29.0 Å². The van der Waals surface area contributed by atoms with Gasteiger partial charge in [-0.15, -0.1) is 0 Å². The Bertz CT molecular complexity index is 1540. The summed E-state index contributed by atoms with van der Waals surface area (Å²) in [5, 5.41) is 21.1. The van der Waals surface area contributed by atoms with E-state index in [1.54, 1.807) is 12.3 Å². The van der Waals surface area contributed by atoms with Gasteiger partial charge in [0.1, 0.15) is 11.6 Å². The molecule has 1 fully saturated rings. The maximum atomic E-state index is 14.5. The predicted molar refractivity (Wildman–Crippen MR) is 169 cm³/mol. The van der Waals surface area contributed by atoms with Gasteiger partial charge in [0, 0.05) is 49.1 Å². The molecule has 3 heterocycles. The Labute approximate surface area is 263 Å². The Hall–Kier alpha value is -4.47. The average Bonchev–Trinajstić information content (AvgIpc) is 3.68. The lowest BCUT2D eigenvalue weighted by atomic mass is 9.75. The second kappa shape index (κ2) is 13.7. The lowest BCUT2D eigenvalue weighted by Crippen LogP contribution is -2.55. The summed E-state index contributed by atoms with van der Waals surface area (Å²) in [4.78, 5) is 40.1. The first kappa shape index (κ1) is 30.6. The molecule has 0 unspecified atom stereocenters. The third-order valence-electron chi connectivity index (χ3n) is 9.05. The van der Waals surface area contributed by atoms with E-state index in [0.29, 0.717) is 56.6 Å². The fraction of sp³-hybridized carbons (Fsp3) is 0.361. The highest BCUT2D eigenvalue weighted by molar-refractivity contribution is 6.07. The van der Waals surface area contributed by atoms with Crippen molar-refractivity contribution in [3.8, 4) is 0 Å². The first-order valence-corrected chi connectivity index (χ1v) is 15.6. The number of hydrogen-bond donors (Lipinski definition) is 4. The molecular formula is C36H39N3O6. The number of rotatable bonds is 11. The normalized spacial score (nSPS) is 23.7. The van der Waals surface area contributed by atoms with Gasteiger partial charge in [-0.25, -0.2) is 4.79 Å². The zero-order valence-corrected chi connectivity index (χ0v) is 25.1. The van der Waals surface area contributed by atoms with Gasteiger partial charge >= 0.3 is 6.09 Å². The summed E-state index contributed by atoms with van der Waals surface area (Å²) in [6, 6.07) is 26.2. The van der Waals surface area contributed by atoms with Gasteiger partial charge in [0.05, 0.1) is 25.4 Å². The largest absolute Gasteiger partial charge is 0.444 e. The van der Waals surface area contributed by atoms with Crippen molar-refractivity contribution in [2.24, 2.45) is 0 Å². The fourth-order valence-corrected chi connectivity index (χ4v) is 6.64. The van der Waals surface area contributed by atoms with Gasteiger partial charge in [-0.05, 0) is 35.6 Å². The van der Waals surface area contributed by atoms with Gasteiger partial charge in [-0.3, -0.25) is 9.59 Å². The first-order chi connectivity index (χ1) is 21.9. The Morgan fingerprint density at radius 1 is 1.00 bits per heavy atom. The van der Waals surface area contributed by atoms with E-state index < -0.39 is 23.8 Å². The van der Waals surface area contributed by atoms with E-state index in [9.17, 15) is 19.5 Å². The third-order valence-corrected chi connectivity index (χ3v) is 9.05. The molecule has 0 aromatic heterocycles. The Morgan fingerprint density at radius 3 is 2.44 bits per heavy atom. The lowest BCUT2D eigenvalue weighted by molar-refractivity contribution is -0.122. The minimum absolute atomic E-state index is 0.0493. The number of ketones is 1. The number of carbonyl (C=O) groups is 3. The summed E-state index contributed by atoms with van der Waals surface area (Å²) in [6.45, 7) is 1.19. The minimum atomic E-state index is -1.16. The van der Waals surface area contributed by atoms with Crippen molar-refractivity contribution in [2.75, 3.05) is 19.8 Å². The molecule has 3 aliphatic rings. The van der Waals surface area contributed by atoms with Crippen molar-refractivity contribution in [3.63, 3.8) is 0 Å². The molecule has 9 heteroatoms. The standard InChI is InChI=1S/C36H39N3O6/c40-32(31(16-15-24-9-3-1-4-10-24)39-35(43)45-26-17-18-44-23-26)20-36(19-25-11-5-2-6-12-25)33(41)30(22-38-36)29-21-37-34(42)28-14-8-7-13-27(28)29/h1-14,22,26,29,31-32,38,40H,15-21,23H2,(H,37,42)(H,39,43)/t26-,29+,31-,32-,36-/m0/s1. The molecule has 9 nitrogen and oxygen atoms in total. The third kappa shape index (κ3) is 6.95. The molecule has 6 rings (SSSR count). The van der Waals surface area contributed by atoms with E-state index in [2.05, 4.69) is 16.0 Å².